The molecule has 1 aromatic heterocycles. The van der Waals surface area contributed by atoms with Crippen molar-refractivity contribution in [2.45, 2.75) is 0 Å². The van der Waals surface area contributed by atoms with Gasteiger partial charge < -0.3 is 14.2 Å². The Morgan fingerprint density at radius 3 is 1.85 bits per heavy atom. The summed E-state index contributed by atoms with van der Waals surface area (Å²) in [4.78, 5) is 2.25. The van der Waals surface area contributed by atoms with Crippen LogP contribution in [-0.4, -0.2) is 4.57 Å². The Labute approximate surface area is 202 Å². The SMILES string of the molecule is Clc1ccc2c3ccccc3n(-c3ccc(N4c5ccccc5Oc5ccccc54)cc3)c2c1. The normalized spacial score (nSPS) is 12.4. The Balaban J connectivity index is 1.41. The molecule has 34 heavy (non-hydrogen) atoms. The minimum Gasteiger partial charge on any atom is -0.453 e. The predicted molar refractivity (Wildman–Crippen MR) is 141 cm³/mol. The minimum atomic E-state index is 0.731. The number of aromatic nitrogens is 1. The lowest BCUT2D eigenvalue weighted by Gasteiger charge is -2.32. The van der Waals surface area contributed by atoms with Gasteiger partial charge in [-0.2, -0.15) is 0 Å². The van der Waals surface area contributed by atoms with Gasteiger partial charge in [0, 0.05) is 27.2 Å². The standard InChI is InChI=1S/C30H19ClN2O/c31-20-13-18-24-23-7-1-2-8-25(23)32(28(24)19-20)21-14-16-22(17-15-21)33-26-9-3-5-11-29(26)34-30-12-6-4-10-27(30)33/h1-19H. The van der Waals surface area contributed by atoms with E-state index in [-0.39, 0.29) is 0 Å². The summed E-state index contributed by atoms with van der Waals surface area (Å²) in [6.45, 7) is 0. The molecule has 0 unspecified atom stereocenters. The molecular formula is C30H19ClN2O. The van der Waals surface area contributed by atoms with Gasteiger partial charge in [-0.25, -0.2) is 0 Å². The van der Waals surface area contributed by atoms with Gasteiger partial charge in [0.1, 0.15) is 0 Å². The molecule has 0 fully saturated rings. The van der Waals surface area contributed by atoms with E-state index in [9.17, 15) is 0 Å². The topological polar surface area (TPSA) is 17.4 Å². The largest absolute Gasteiger partial charge is 0.453 e. The molecule has 0 bridgehead atoms. The smallest absolute Gasteiger partial charge is 0.151 e. The Bertz CT molecular complexity index is 1660. The number of fused-ring (bicyclic) bond motifs is 5. The molecule has 0 spiro atoms. The number of ether oxygens (including phenoxy) is 1. The maximum atomic E-state index is 6.40. The average molecular weight is 459 g/mol. The fourth-order valence-corrected chi connectivity index (χ4v) is 5.12. The molecule has 0 atom stereocenters. The van der Waals surface area contributed by atoms with E-state index in [4.69, 9.17) is 16.3 Å². The number of nitrogens with zero attached hydrogens (tertiary/aromatic N) is 2. The van der Waals surface area contributed by atoms with Crippen LogP contribution in [0.3, 0.4) is 0 Å². The van der Waals surface area contributed by atoms with E-state index in [1.54, 1.807) is 0 Å². The van der Waals surface area contributed by atoms with Crippen LogP contribution >= 0.6 is 11.6 Å². The molecular weight excluding hydrogens is 440 g/mol. The zero-order valence-electron chi connectivity index (χ0n) is 18.2. The summed E-state index contributed by atoms with van der Waals surface area (Å²) in [5.41, 5.74) is 6.48. The fraction of sp³-hybridized carbons (Fsp3) is 0. The van der Waals surface area contributed by atoms with E-state index in [2.05, 4.69) is 76.2 Å². The highest BCUT2D eigenvalue weighted by atomic mass is 35.5. The molecule has 4 heteroatoms. The van der Waals surface area contributed by atoms with Crippen molar-refractivity contribution in [3.05, 3.63) is 120 Å². The van der Waals surface area contributed by atoms with Crippen LogP contribution in [0, 0.1) is 0 Å². The summed E-state index contributed by atoms with van der Waals surface area (Å²) in [6.07, 6.45) is 0. The number of halogens is 1. The predicted octanol–water partition coefficient (Wildman–Crippen LogP) is 9.01. The van der Waals surface area contributed by atoms with Crippen molar-refractivity contribution < 1.29 is 4.74 Å². The minimum absolute atomic E-state index is 0.731. The lowest BCUT2D eigenvalue weighted by Crippen LogP contribution is -2.15. The number of anilines is 3. The van der Waals surface area contributed by atoms with Gasteiger partial charge in [-0.15, -0.1) is 0 Å². The molecule has 1 aliphatic heterocycles. The summed E-state index contributed by atoms with van der Waals surface area (Å²) < 4.78 is 8.44. The van der Waals surface area contributed by atoms with Crippen LogP contribution in [0.5, 0.6) is 11.5 Å². The van der Waals surface area contributed by atoms with Gasteiger partial charge in [-0.05, 0) is 66.7 Å². The van der Waals surface area contributed by atoms with Crippen LogP contribution in [0.4, 0.5) is 17.1 Å². The lowest BCUT2D eigenvalue weighted by molar-refractivity contribution is 0.477. The molecule has 162 valence electrons. The average Bonchev–Trinajstić information content (AvgIpc) is 3.21. The van der Waals surface area contributed by atoms with E-state index >= 15 is 0 Å². The van der Waals surface area contributed by atoms with Gasteiger partial charge in [0.15, 0.2) is 11.5 Å². The van der Waals surface area contributed by atoms with Crippen LogP contribution in [0.25, 0.3) is 27.5 Å². The van der Waals surface area contributed by atoms with Gasteiger partial charge >= 0.3 is 0 Å². The second-order valence-corrected chi connectivity index (χ2v) is 8.84. The van der Waals surface area contributed by atoms with Gasteiger partial charge in [-0.3, -0.25) is 0 Å². The molecule has 0 amide bonds. The molecule has 7 rings (SSSR count). The number of hydrogen-bond donors (Lipinski definition) is 0. The van der Waals surface area contributed by atoms with Crippen molar-refractivity contribution in [2.75, 3.05) is 4.90 Å². The number of hydrogen-bond acceptors (Lipinski definition) is 2. The molecule has 0 saturated carbocycles. The van der Waals surface area contributed by atoms with Gasteiger partial charge in [0.25, 0.3) is 0 Å². The third-order valence-electron chi connectivity index (χ3n) is 6.43. The number of para-hydroxylation sites is 5. The molecule has 0 saturated heterocycles. The van der Waals surface area contributed by atoms with Crippen LogP contribution in [0.2, 0.25) is 5.02 Å². The fourth-order valence-electron chi connectivity index (χ4n) is 4.96. The Kier molecular flexibility index (Phi) is 4.20. The lowest BCUT2D eigenvalue weighted by atomic mass is 10.1. The Morgan fingerprint density at radius 1 is 0.529 bits per heavy atom. The number of benzene rings is 5. The van der Waals surface area contributed by atoms with Crippen LogP contribution in [0.15, 0.2) is 115 Å². The van der Waals surface area contributed by atoms with Crippen molar-refractivity contribution in [3.63, 3.8) is 0 Å². The summed E-state index contributed by atoms with van der Waals surface area (Å²) in [5.74, 6) is 1.70. The summed E-state index contributed by atoms with van der Waals surface area (Å²) in [7, 11) is 0. The highest BCUT2D eigenvalue weighted by Crippen LogP contribution is 2.50. The Hall–Kier alpha value is -4.21. The van der Waals surface area contributed by atoms with Gasteiger partial charge in [-0.1, -0.05) is 60.1 Å². The molecule has 0 radical (unpaired) electrons. The van der Waals surface area contributed by atoms with Crippen LogP contribution < -0.4 is 9.64 Å². The zero-order chi connectivity index (χ0) is 22.6. The van der Waals surface area contributed by atoms with Crippen molar-refractivity contribution >= 4 is 50.5 Å². The van der Waals surface area contributed by atoms with E-state index in [0.29, 0.717) is 0 Å². The molecule has 0 aliphatic carbocycles. The highest BCUT2D eigenvalue weighted by Gasteiger charge is 2.25. The Morgan fingerprint density at radius 2 is 1.12 bits per heavy atom. The van der Waals surface area contributed by atoms with E-state index < -0.39 is 0 Å². The first-order valence-corrected chi connectivity index (χ1v) is 11.6. The molecule has 1 aliphatic rings. The van der Waals surface area contributed by atoms with Crippen molar-refractivity contribution in [1.29, 1.82) is 0 Å². The maximum Gasteiger partial charge on any atom is 0.151 e. The summed E-state index contributed by atoms with van der Waals surface area (Å²) in [5, 5.41) is 3.14. The van der Waals surface area contributed by atoms with Gasteiger partial charge in [0.05, 0.1) is 22.4 Å². The quantitative estimate of drug-likeness (QED) is 0.257. The van der Waals surface area contributed by atoms with Crippen molar-refractivity contribution in [3.8, 4) is 17.2 Å². The first-order chi connectivity index (χ1) is 16.8. The first-order valence-electron chi connectivity index (χ1n) is 11.2. The summed E-state index contributed by atoms with van der Waals surface area (Å²) in [6, 6.07) is 39.5. The first kappa shape index (κ1) is 19.3. The second kappa shape index (κ2) is 7.41. The maximum absolute atomic E-state index is 6.40. The molecule has 5 aromatic carbocycles. The third-order valence-corrected chi connectivity index (χ3v) is 6.67. The van der Waals surface area contributed by atoms with E-state index in [0.717, 1.165) is 50.3 Å². The third kappa shape index (κ3) is 2.84. The van der Waals surface area contributed by atoms with Crippen molar-refractivity contribution in [1.82, 2.24) is 4.57 Å². The monoisotopic (exact) mass is 458 g/mol. The van der Waals surface area contributed by atoms with Crippen LogP contribution in [0.1, 0.15) is 0 Å². The summed E-state index contributed by atoms with van der Waals surface area (Å²) >= 11 is 6.40. The van der Waals surface area contributed by atoms with E-state index in [1.807, 2.05) is 48.5 Å². The van der Waals surface area contributed by atoms with Gasteiger partial charge in [0.2, 0.25) is 0 Å². The van der Waals surface area contributed by atoms with Crippen LogP contribution in [-0.2, 0) is 0 Å². The van der Waals surface area contributed by atoms with E-state index in [1.165, 1.54) is 10.8 Å². The molecule has 0 N–H and O–H groups in total. The second-order valence-electron chi connectivity index (χ2n) is 8.40. The highest BCUT2D eigenvalue weighted by molar-refractivity contribution is 6.31. The molecule has 3 nitrogen and oxygen atoms in total. The molecule has 2 heterocycles. The molecule has 6 aromatic rings. The zero-order valence-corrected chi connectivity index (χ0v) is 18.9. The number of rotatable bonds is 2. The van der Waals surface area contributed by atoms with Crippen molar-refractivity contribution in [2.24, 2.45) is 0 Å².